The van der Waals surface area contributed by atoms with Crippen LogP contribution in [-0.2, 0) is 19.2 Å². The lowest BCUT2D eigenvalue weighted by Crippen LogP contribution is -2.52. The van der Waals surface area contributed by atoms with Gasteiger partial charge in [-0.25, -0.2) is 0 Å². The Kier molecular flexibility index (Phi) is 3.62. The maximum Gasteiger partial charge on any atom is 0.253 e. The Morgan fingerprint density at radius 1 is 0.708 bits per heavy atom. The second kappa shape index (κ2) is 5.69. The summed E-state index contributed by atoms with van der Waals surface area (Å²) in [6.45, 7) is 0. The second-order valence-corrected chi connectivity index (χ2v) is 7.26. The smallest absolute Gasteiger partial charge is 0.253 e. The standard InChI is InChI=1S/C18H20N2O4/c21-15-4-5-16(22)19(15)13-9-12(8-11-2-1-3-11)10-14(13)20-17(23)6-7-18(20)24/h4-7,11-14H,1-3,8-10H2. The van der Waals surface area contributed by atoms with Crippen LogP contribution in [0.2, 0.25) is 0 Å². The largest absolute Gasteiger partial charge is 0.270 e. The molecule has 2 atom stereocenters. The van der Waals surface area contributed by atoms with Gasteiger partial charge < -0.3 is 0 Å². The molecule has 24 heavy (non-hydrogen) atoms. The van der Waals surface area contributed by atoms with Crippen LogP contribution in [0.1, 0.15) is 38.5 Å². The average molecular weight is 328 g/mol. The number of amides is 4. The minimum atomic E-state index is -0.405. The van der Waals surface area contributed by atoms with Gasteiger partial charge in [0.15, 0.2) is 0 Å². The van der Waals surface area contributed by atoms with E-state index in [1.807, 2.05) is 0 Å². The van der Waals surface area contributed by atoms with Crippen molar-refractivity contribution in [2.75, 3.05) is 0 Å². The van der Waals surface area contributed by atoms with E-state index in [0.717, 1.165) is 6.42 Å². The Morgan fingerprint density at radius 2 is 1.12 bits per heavy atom. The van der Waals surface area contributed by atoms with Crippen molar-refractivity contribution in [3.05, 3.63) is 24.3 Å². The highest BCUT2D eigenvalue weighted by atomic mass is 16.2. The Labute approximate surface area is 140 Å². The molecule has 0 spiro atoms. The third kappa shape index (κ3) is 2.41. The number of rotatable bonds is 4. The number of imide groups is 2. The molecule has 0 saturated heterocycles. The zero-order chi connectivity index (χ0) is 16.8. The highest BCUT2D eigenvalue weighted by Crippen LogP contribution is 2.42. The van der Waals surface area contributed by atoms with Crippen LogP contribution in [0.5, 0.6) is 0 Å². The SMILES string of the molecule is O=C1C=CC(=O)N1C1CC(CC2CCC2)CC1N1C(=O)C=CC1=O. The number of hydrogen-bond donors (Lipinski definition) is 0. The maximum atomic E-state index is 12.1. The summed E-state index contributed by atoms with van der Waals surface area (Å²) in [7, 11) is 0. The van der Waals surface area contributed by atoms with Gasteiger partial charge in [-0.1, -0.05) is 19.3 Å². The van der Waals surface area contributed by atoms with Crippen LogP contribution in [0.4, 0.5) is 0 Å². The predicted molar refractivity (Wildman–Crippen MR) is 84.2 cm³/mol. The predicted octanol–water partition coefficient (Wildman–Crippen LogP) is 1.17. The summed E-state index contributed by atoms with van der Waals surface area (Å²) in [5.41, 5.74) is 0. The molecule has 126 valence electrons. The zero-order valence-corrected chi connectivity index (χ0v) is 13.4. The number of carbonyl (C=O) groups excluding carboxylic acids is 4. The molecule has 2 aliphatic heterocycles. The highest BCUT2D eigenvalue weighted by molar-refractivity contribution is 6.14. The van der Waals surface area contributed by atoms with Crippen molar-refractivity contribution in [3.8, 4) is 0 Å². The van der Waals surface area contributed by atoms with Gasteiger partial charge in [-0.2, -0.15) is 0 Å². The van der Waals surface area contributed by atoms with E-state index in [1.165, 1.54) is 53.4 Å². The fraction of sp³-hybridized carbons (Fsp3) is 0.556. The Balaban J connectivity index is 1.58. The van der Waals surface area contributed by atoms with Gasteiger partial charge in [0.2, 0.25) is 0 Å². The lowest BCUT2D eigenvalue weighted by Gasteiger charge is -2.32. The second-order valence-electron chi connectivity index (χ2n) is 7.26. The van der Waals surface area contributed by atoms with Gasteiger partial charge in [0.1, 0.15) is 0 Å². The zero-order valence-electron chi connectivity index (χ0n) is 13.4. The molecule has 2 heterocycles. The molecule has 4 aliphatic rings. The summed E-state index contributed by atoms with van der Waals surface area (Å²) >= 11 is 0. The van der Waals surface area contributed by atoms with Crippen molar-refractivity contribution in [1.82, 2.24) is 9.80 Å². The van der Waals surface area contributed by atoms with Gasteiger partial charge in [-0.05, 0) is 31.1 Å². The summed E-state index contributed by atoms with van der Waals surface area (Å²) in [5, 5.41) is 0. The van der Waals surface area contributed by atoms with Crippen LogP contribution in [0.3, 0.4) is 0 Å². The molecule has 6 heteroatoms. The van der Waals surface area contributed by atoms with Crippen molar-refractivity contribution >= 4 is 23.6 Å². The fourth-order valence-electron chi connectivity index (χ4n) is 4.52. The molecule has 4 amide bonds. The molecule has 0 aromatic rings. The molecule has 2 aliphatic carbocycles. The molecule has 2 fully saturated rings. The molecular weight excluding hydrogens is 308 g/mol. The minimum Gasteiger partial charge on any atom is -0.270 e. The third-order valence-electron chi connectivity index (χ3n) is 5.84. The number of nitrogens with zero attached hydrogens (tertiary/aromatic N) is 2. The van der Waals surface area contributed by atoms with E-state index in [9.17, 15) is 19.2 Å². The average Bonchev–Trinajstić information content (AvgIpc) is 3.14. The molecule has 2 saturated carbocycles. The van der Waals surface area contributed by atoms with Gasteiger partial charge in [0.25, 0.3) is 23.6 Å². The van der Waals surface area contributed by atoms with Gasteiger partial charge in [-0.15, -0.1) is 0 Å². The monoisotopic (exact) mass is 328 g/mol. The Bertz CT molecular complexity index is 591. The van der Waals surface area contributed by atoms with Gasteiger partial charge in [-0.3, -0.25) is 29.0 Å². The molecular formula is C18H20N2O4. The van der Waals surface area contributed by atoms with E-state index in [4.69, 9.17) is 0 Å². The topological polar surface area (TPSA) is 74.8 Å². The molecule has 2 unspecified atom stereocenters. The van der Waals surface area contributed by atoms with Crippen molar-refractivity contribution in [1.29, 1.82) is 0 Å². The number of hydrogen-bond acceptors (Lipinski definition) is 4. The Hall–Kier alpha value is -2.24. The van der Waals surface area contributed by atoms with Gasteiger partial charge >= 0.3 is 0 Å². The lowest BCUT2D eigenvalue weighted by molar-refractivity contribution is -0.147. The van der Waals surface area contributed by atoms with Gasteiger partial charge in [0, 0.05) is 24.3 Å². The maximum absolute atomic E-state index is 12.1. The van der Waals surface area contributed by atoms with Crippen LogP contribution < -0.4 is 0 Å². The summed E-state index contributed by atoms with van der Waals surface area (Å²) in [6, 6.07) is -0.809. The van der Waals surface area contributed by atoms with Crippen LogP contribution in [0.15, 0.2) is 24.3 Å². The van der Waals surface area contributed by atoms with E-state index in [0.29, 0.717) is 24.7 Å². The first-order valence-corrected chi connectivity index (χ1v) is 8.65. The molecule has 0 aromatic carbocycles. The molecule has 6 nitrogen and oxygen atoms in total. The van der Waals surface area contributed by atoms with E-state index >= 15 is 0 Å². The normalized spacial score (nSPS) is 33.2. The van der Waals surface area contributed by atoms with Crippen LogP contribution in [0, 0.1) is 11.8 Å². The summed E-state index contributed by atoms with van der Waals surface area (Å²) in [5.74, 6) is -0.316. The number of carbonyl (C=O) groups is 4. The first-order valence-electron chi connectivity index (χ1n) is 8.65. The van der Waals surface area contributed by atoms with Crippen molar-refractivity contribution in [2.24, 2.45) is 11.8 Å². The van der Waals surface area contributed by atoms with Crippen molar-refractivity contribution in [2.45, 2.75) is 50.6 Å². The van der Waals surface area contributed by atoms with Crippen LogP contribution in [-0.4, -0.2) is 45.5 Å². The quantitative estimate of drug-likeness (QED) is 0.726. The van der Waals surface area contributed by atoms with Crippen molar-refractivity contribution < 1.29 is 19.2 Å². The fourth-order valence-corrected chi connectivity index (χ4v) is 4.52. The van der Waals surface area contributed by atoms with Crippen molar-refractivity contribution in [3.63, 3.8) is 0 Å². The summed E-state index contributed by atoms with van der Waals surface area (Å²) in [6.07, 6.45) is 11.2. The third-order valence-corrected chi connectivity index (χ3v) is 5.84. The van der Waals surface area contributed by atoms with Crippen LogP contribution in [0.25, 0.3) is 0 Å². The molecule has 0 N–H and O–H groups in total. The summed E-state index contributed by atoms with van der Waals surface area (Å²) in [4.78, 5) is 50.9. The van der Waals surface area contributed by atoms with E-state index in [1.54, 1.807) is 0 Å². The lowest BCUT2D eigenvalue weighted by atomic mass is 9.78. The van der Waals surface area contributed by atoms with E-state index in [2.05, 4.69) is 0 Å². The molecule has 0 radical (unpaired) electrons. The van der Waals surface area contributed by atoms with Gasteiger partial charge in [0.05, 0.1) is 12.1 Å². The van der Waals surface area contributed by atoms with E-state index in [-0.39, 0.29) is 23.6 Å². The van der Waals surface area contributed by atoms with Crippen LogP contribution >= 0.6 is 0 Å². The molecule has 0 bridgehead atoms. The van der Waals surface area contributed by atoms with E-state index < -0.39 is 12.1 Å². The Morgan fingerprint density at radius 3 is 1.46 bits per heavy atom. The molecule has 4 rings (SSSR count). The first kappa shape index (κ1) is 15.3. The molecule has 0 aromatic heterocycles. The first-order chi connectivity index (χ1) is 11.5. The minimum absolute atomic E-state index is 0.340. The highest BCUT2D eigenvalue weighted by Gasteiger charge is 2.48. The summed E-state index contributed by atoms with van der Waals surface area (Å²) < 4.78 is 0.